The molecule has 0 fully saturated rings. The van der Waals surface area contributed by atoms with Crippen LogP contribution in [0.2, 0.25) is 0 Å². The van der Waals surface area contributed by atoms with E-state index in [1.165, 1.54) is 12.1 Å². The second kappa shape index (κ2) is 6.42. The third-order valence-electron chi connectivity index (χ3n) is 2.64. The Bertz CT molecular complexity index is 593. The molecule has 1 heterocycles. The van der Waals surface area contributed by atoms with Crippen LogP contribution in [-0.4, -0.2) is 23.7 Å². The Labute approximate surface area is 115 Å². The first-order valence-corrected chi connectivity index (χ1v) is 6.06. The summed E-state index contributed by atoms with van der Waals surface area (Å²) in [5.74, 6) is -0.312. The highest BCUT2D eigenvalue weighted by Gasteiger charge is 2.11. The fourth-order valence-electron chi connectivity index (χ4n) is 1.70. The standard InChI is InChI=1S/C14H14N2O4/c17-13(18)11-5-1-2-6-12(11)16-14(19)15-8-7-10-4-3-9-20-10/h1-6,9H,7-8H2,(H,17,18)(H2,15,16,19). The molecule has 0 bridgehead atoms. The summed E-state index contributed by atoms with van der Waals surface area (Å²) in [5.41, 5.74) is 0.309. The average Bonchev–Trinajstić information content (AvgIpc) is 2.92. The zero-order chi connectivity index (χ0) is 14.4. The van der Waals surface area contributed by atoms with Crippen molar-refractivity contribution in [2.75, 3.05) is 11.9 Å². The topological polar surface area (TPSA) is 91.6 Å². The fraction of sp³-hybridized carbons (Fsp3) is 0.143. The van der Waals surface area contributed by atoms with Crippen molar-refractivity contribution in [1.82, 2.24) is 5.32 Å². The molecule has 104 valence electrons. The third kappa shape index (κ3) is 3.61. The van der Waals surface area contributed by atoms with Crippen LogP contribution in [0.5, 0.6) is 0 Å². The number of aromatic carboxylic acids is 1. The van der Waals surface area contributed by atoms with Gasteiger partial charge in [0, 0.05) is 13.0 Å². The highest BCUT2D eigenvalue weighted by Crippen LogP contribution is 2.14. The zero-order valence-corrected chi connectivity index (χ0v) is 10.6. The van der Waals surface area contributed by atoms with Gasteiger partial charge in [-0.2, -0.15) is 0 Å². The summed E-state index contributed by atoms with van der Waals surface area (Å²) in [6.45, 7) is 0.397. The van der Waals surface area contributed by atoms with Gasteiger partial charge in [-0.3, -0.25) is 0 Å². The molecule has 0 spiro atoms. The largest absolute Gasteiger partial charge is 0.478 e. The predicted molar refractivity (Wildman–Crippen MR) is 72.8 cm³/mol. The number of hydrogen-bond donors (Lipinski definition) is 3. The van der Waals surface area contributed by atoms with Crippen LogP contribution in [0.15, 0.2) is 47.1 Å². The van der Waals surface area contributed by atoms with Crippen LogP contribution in [0.1, 0.15) is 16.1 Å². The number of carboxylic acid groups (broad SMARTS) is 1. The molecule has 0 aliphatic rings. The van der Waals surface area contributed by atoms with Crippen LogP contribution >= 0.6 is 0 Å². The van der Waals surface area contributed by atoms with Crippen LogP contribution in [-0.2, 0) is 6.42 Å². The van der Waals surface area contributed by atoms with E-state index in [4.69, 9.17) is 9.52 Å². The number of furan rings is 1. The number of urea groups is 1. The lowest BCUT2D eigenvalue weighted by molar-refractivity contribution is 0.0698. The number of para-hydroxylation sites is 1. The van der Waals surface area contributed by atoms with E-state index in [0.717, 1.165) is 5.76 Å². The number of benzene rings is 1. The number of nitrogens with one attached hydrogen (secondary N) is 2. The van der Waals surface area contributed by atoms with Gasteiger partial charge in [-0.15, -0.1) is 0 Å². The molecule has 2 aromatic rings. The van der Waals surface area contributed by atoms with E-state index >= 15 is 0 Å². The minimum atomic E-state index is -1.09. The molecule has 20 heavy (non-hydrogen) atoms. The lowest BCUT2D eigenvalue weighted by atomic mass is 10.2. The fourth-order valence-corrected chi connectivity index (χ4v) is 1.70. The summed E-state index contributed by atoms with van der Waals surface area (Å²) < 4.78 is 5.13. The Hall–Kier alpha value is -2.76. The van der Waals surface area contributed by atoms with Gasteiger partial charge in [0.25, 0.3) is 0 Å². The number of carbonyl (C=O) groups excluding carboxylic acids is 1. The third-order valence-corrected chi connectivity index (χ3v) is 2.64. The monoisotopic (exact) mass is 274 g/mol. The number of rotatable bonds is 5. The molecule has 0 saturated carbocycles. The molecule has 1 aromatic carbocycles. The van der Waals surface area contributed by atoms with Gasteiger partial charge < -0.3 is 20.2 Å². The second-order valence-electron chi connectivity index (χ2n) is 4.06. The van der Waals surface area contributed by atoms with Crippen LogP contribution < -0.4 is 10.6 Å². The van der Waals surface area contributed by atoms with Crippen LogP contribution in [0.3, 0.4) is 0 Å². The Morgan fingerprint density at radius 3 is 2.65 bits per heavy atom. The Morgan fingerprint density at radius 2 is 1.95 bits per heavy atom. The summed E-state index contributed by atoms with van der Waals surface area (Å²) in [4.78, 5) is 22.7. The van der Waals surface area contributed by atoms with Crippen molar-refractivity contribution < 1.29 is 19.1 Å². The van der Waals surface area contributed by atoms with Crippen molar-refractivity contribution >= 4 is 17.7 Å². The molecule has 0 saturated heterocycles. The van der Waals surface area contributed by atoms with Gasteiger partial charge in [0.2, 0.25) is 0 Å². The van der Waals surface area contributed by atoms with E-state index in [1.807, 2.05) is 6.07 Å². The highest BCUT2D eigenvalue weighted by molar-refractivity contribution is 5.99. The molecule has 2 amide bonds. The maximum Gasteiger partial charge on any atom is 0.337 e. The van der Waals surface area contributed by atoms with E-state index in [9.17, 15) is 9.59 Å². The van der Waals surface area contributed by atoms with Gasteiger partial charge in [-0.1, -0.05) is 12.1 Å². The molecule has 1 aromatic heterocycles. The zero-order valence-electron chi connectivity index (χ0n) is 10.6. The second-order valence-corrected chi connectivity index (χ2v) is 4.06. The summed E-state index contributed by atoms with van der Waals surface area (Å²) >= 11 is 0. The lowest BCUT2D eigenvalue weighted by Gasteiger charge is -2.09. The Kier molecular flexibility index (Phi) is 4.39. The number of hydrogen-bond acceptors (Lipinski definition) is 3. The minimum absolute atomic E-state index is 0.0497. The summed E-state index contributed by atoms with van der Waals surface area (Å²) in [7, 11) is 0. The van der Waals surface area contributed by atoms with Gasteiger partial charge in [0.1, 0.15) is 5.76 Å². The van der Waals surface area contributed by atoms with Crippen molar-refractivity contribution in [2.45, 2.75) is 6.42 Å². The number of anilines is 1. The molecule has 6 nitrogen and oxygen atoms in total. The van der Waals surface area contributed by atoms with E-state index in [0.29, 0.717) is 13.0 Å². The van der Waals surface area contributed by atoms with Gasteiger partial charge in [-0.25, -0.2) is 9.59 Å². The van der Waals surface area contributed by atoms with Crippen molar-refractivity contribution in [1.29, 1.82) is 0 Å². The first-order valence-electron chi connectivity index (χ1n) is 6.06. The van der Waals surface area contributed by atoms with E-state index in [1.54, 1.807) is 24.5 Å². The lowest BCUT2D eigenvalue weighted by Crippen LogP contribution is -2.31. The summed E-state index contributed by atoms with van der Waals surface area (Å²) in [5, 5.41) is 14.1. The van der Waals surface area contributed by atoms with E-state index in [-0.39, 0.29) is 11.3 Å². The predicted octanol–water partition coefficient (Wildman–Crippen LogP) is 2.34. The van der Waals surface area contributed by atoms with Crippen molar-refractivity contribution in [3.05, 3.63) is 54.0 Å². The molecule has 2 rings (SSSR count). The maximum atomic E-state index is 11.7. The van der Waals surface area contributed by atoms with Gasteiger partial charge in [0.15, 0.2) is 0 Å². The normalized spacial score (nSPS) is 10.0. The SMILES string of the molecule is O=C(NCCc1ccco1)Nc1ccccc1C(=O)O. The summed E-state index contributed by atoms with van der Waals surface area (Å²) in [6.07, 6.45) is 2.14. The molecule has 0 unspecified atom stereocenters. The highest BCUT2D eigenvalue weighted by atomic mass is 16.4. The molecule has 0 radical (unpaired) electrons. The first-order chi connectivity index (χ1) is 9.66. The van der Waals surface area contributed by atoms with Crippen molar-refractivity contribution in [3.63, 3.8) is 0 Å². The average molecular weight is 274 g/mol. The smallest absolute Gasteiger partial charge is 0.337 e. The Morgan fingerprint density at radius 1 is 1.15 bits per heavy atom. The number of carbonyl (C=O) groups is 2. The van der Waals surface area contributed by atoms with E-state index < -0.39 is 12.0 Å². The van der Waals surface area contributed by atoms with Crippen molar-refractivity contribution in [2.24, 2.45) is 0 Å². The molecule has 6 heteroatoms. The van der Waals surface area contributed by atoms with Crippen LogP contribution in [0, 0.1) is 0 Å². The van der Waals surface area contributed by atoms with Gasteiger partial charge in [-0.05, 0) is 24.3 Å². The maximum absolute atomic E-state index is 11.7. The first kappa shape index (κ1) is 13.7. The number of amides is 2. The molecular weight excluding hydrogens is 260 g/mol. The summed E-state index contributed by atoms with van der Waals surface area (Å²) in [6, 6.07) is 9.37. The minimum Gasteiger partial charge on any atom is -0.478 e. The van der Waals surface area contributed by atoms with Gasteiger partial charge >= 0.3 is 12.0 Å². The Balaban J connectivity index is 1.87. The molecule has 3 N–H and O–H groups in total. The van der Waals surface area contributed by atoms with Crippen LogP contribution in [0.25, 0.3) is 0 Å². The van der Waals surface area contributed by atoms with E-state index in [2.05, 4.69) is 10.6 Å². The molecular formula is C14H14N2O4. The molecule has 0 atom stereocenters. The molecule has 0 aliphatic carbocycles. The van der Waals surface area contributed by atoms with Gasteiger partial charge in [0.05, 0.1) is 17.5 Å². The quantitative estimate of drug-likeness (QED) is 0.780. The van der Waals surface area contributed by atoms with Crippen LogP contribution in [0.4, 0.5) is 10.5 Å². The molecule has 0 aliphatic heterocycles. The number of carboxylic acids is 1. The van der Waals surface area contributed by atoms with Crippen molar-refractivity contribution in [3.8, 4) is 0 Å².